The van der Waals surface area contributed by atoms with Crippen molar-refractivity contribution in [1.82, 2.24) is 15.0 Å². The van der Waals surface area contributed by atoms with Crippen LogP contribution in [0.25, 0.3) is 22.2 Å². The third-order valence-electron chi connectivity index (χ3n) is 5.90. The lowest BCUT2D eigenvalue weighted by Crippen LogP contribution is -2.14. The molecule has 0 spiro atoms. The number of carbonyl (C=O) groups is 1. The summed E-state index contributed by atoms with van der Waals surface area (Å²) in [6.07, 6.45) is 3.64. The van der Waals surface area contributed by atoms with Crippen LogP contribution in [0.1, 0.15) is 36.7 Å². The Hall–Kier alpha value is -4.45. The van der Waals surface area contributed by atoms with E-state index in [1.807, 2.05) is 85.1 Å². The van der Waals surface area contributed by atoms with Crippen LogP contribution in [0.2, 0.25) is 0 Å². The Kier molecular flexibility index (Phi) is 5.79. The van der Waals surface area contributed by atoms with Gasteiger partial charge in [-0.1, -0.05) is 51.1 Å². The van der Waals surface area contributed by atoms with E-state index in [-0.39, 0.29) is 11.3 Å². The molecule has 3 aromatic carbocycles. The Morgan fingerprint density at radius 1 is 0.886 bits per heavy atom. The van der Waals surface area contributed by atoms with Gasteiger partial charge in [-0.2, -0.15) is 0 Å². The summed E-state index contributed by atoms with van der Waals surface area (Å²) in [5, 5.41) is 7.41. The minimum Gasteiger partial charge on any atom is -0.361 e. The second-order valence-electron chi connectivity index (χ2n) is 9.53. The van der Waals surface area contributed by atoms with E-state index in [1.165, 1.54) is 5.56 Å². The van der Waals surface area contributed by atoms with Crippen LogP contribution in [0, 0.1) is 0 Å². The van der Waals surface area contributed by atoms with Gasteiger partial charge in [-0.15, -0.1) is 0 Å². The molecule has 0 radical (unpaired) electrons. The first-order valence-electron chi connectivity index (χ1n) is 11.5. The normalized spacial score (nSPS) is 11.4. The predicted octanol–water partition coefficient (Wildman–Crippen LogP) is 6.92. The molecule has 0 saturated carbocycles. The number of aromatic nitrogens is 3. The standard InChI is InChI=1S/C29H27N5O/c1-29(2,3)22-10-7-20(8-11-22)27(35)32-23-6-4-5-21(17-23)25-14-16-31-28(34-25)33-24-12-9-19-13-15-30-26(19)18-24/h4-18,30H,1-3H3,(H,32,35)(H,31,33,34). The molecule has 0 unspecified atom stereocenters. The second-order valence-corrected chi connectivity index (χ2v) is 9.53. The van der Waals surface area contributed by atoms with E-state index < -0.39 is 0 Å². The highest BCUT2D eigenvalue weighted by Crippen LogP contribution is 2.25. The molecule has 6 heteroatoms. The van der Waals surface area contributed by atoms with E-state index in [0.29, 0.717) is 17.2 Å². The van der Waals surface area contributed by atoms with Gasteiger partial charge < -0.3 is 15.6 Å². The molecular weight excluding hydrogens is 434 g/mol. The third-order valence-corrected chi connectivity index (χ3v) is 5.90. The van der Waals surface area contributed by atoms with Crippen molar-refractivity contribution in [2.75, 3.05) is 10.6 Å². The minimum absolute atomic E-state index is 0.0449. The van der Waals surface area contributed by atoms with Crippen LogP contribution in [0.15, 0.2) is 91.3 Å². The summed E-state index contributed by atoms with van der Waals surface area (Å²) in [7, 11) is 0. The largest absolute Gasteiger partial charge is 0.361 e. The zero-order valence-electron chi connectivity index (χ0n) is 20.0. The number of H-pyrrole nitrogens is 1. The lowest BCUT2D eigenvalue weighted by atomic mass is 9.87. The number of benzene rings is 3. The maximum Gasteiger partial charge on any atom is 0.255 e. The van der Waals surface area contributed by atoms with E-state index in [4.69, 9.17) is 0 Å². The predicted molar refractivity (Wildman–Crippen MR) is 142 cm³/mol. The average molecular weight is 462 g/mol. The number of rotatable bonds is 5. The van der Waals surface area contributed by atoms with Crippen molar-refractivity contribution in [2.45, 2.75) is 26.2 Å². The summed E-state index contributed by atoms with van der Waals surface area (Å²) in [5.74, 6) is 0.356. The number of anilines is 3. The van der Waals surface area contributed by atoms with E-state index in [2.05, 4.69) is 46.4 Å². The minimum atomic E-state index is -0.146. The number of hydrogen-bond donors (Lipinski definition) is 3. The zero-order valence-corrected chi connectivity index (χ0v) is 20.0. The summed E-state index contributed by atoms with van der Waals surface area (Å²) in [4.78, 5) is 25.0. The molecule has 0 saturated heterocycles. The van der Waals surface area contributed by atoms with E-state index in [0.717, 1.165) is 27.8 Å². The van der Waals surface area contributed by atoms with Crippen molar-refractivity contribution < 1.29 is 4.79 Å². The van der Waals surface area contributed by atoms with Crippen LogP contribution < -0.4 is 10.6 Å². The molecule has 0 aliphatic rings. The van der Waals surface area contributed by atoms with Gasteiger partial charge in [0.1, 0.15) is 0 Å². The zero-order chi connectivity index (χ0) is 24.4. The summed E-state index contributed by atoms with van der Waals surface area (Å²) in [6.45, 7) is 6.46. The van der Waals surface area contributed by atoms with Gasteiger partial charge in [0.05, 0.1) is 5.69 Å². The van der Waals surface area contributed by atoms with Crippen LogP contribution in [-0.2, 0) is 5.41 Å². The number of carbonyl (C=O) groups excluding carboxylic acids is 1. The Morgan fingerprint density at radius 2 is 1.71 bits per heavy atom. The van der Waals surface area contributed by atoms with Crippen LogP contribution in [0.3, 0.4) is 0 Å². The highest BCUT2D eigenvalue weighted by Gasteiger charge is 2.14. The van der Waals surface area contributed by atoms with Crippen molar-refractivity contribution in [2.24, 2.45) is 0 Å². The first-order chi connectivity index (χ1) is 16.8. The van der Waals surface area contributed by atoms with Crippen molar-refractivity contribution in [1.29, 1.82) is 0 Å². The molecule has 0 aliphatic heterocycles. The molecule has 35 heavy (non-hydrogen) atoms. The van der Waals surface area contributed by atoms with Crippen molar-refractivity contribution in [3.05, 3.63) is 102 Å². The van der Waals surface area contributed by atoms with Crippen LogP contribution in [0.4, 0.5) is 17.3 Å². The van der Waals surface area contributed by atoms with Crippen LogP contribution >= 0.6 is 0 Å². The SMILES string of the molecule is CC(C)(C)c1ccc(C(=O)Nc2cccc(-c3ccnc(Nc4ccc5cc[nH]c5c4)n3)c2)cc1. The molecule has 0 bridgehead atoms. The fraction of sp³-hybridized carbons (Fsp3) is 0.138. The quantitative estimate of drug-likeness (QED) is 0.265. The van der Waals surface area contributed by atoms with Gasteiger partial charge in [-0.3, -0.25) is 4.79 Å². The lowest BCUT2D eigenvalue weighted by molar-refractivity contribution is 0.102. The molecule has 3 N–H and O–H groups in total. The topological polar surface area (TPSA) is 82.7 Å². The number of aromatic amines is 1. The number of fused-ring (bicyclic) bond motifs is 1. The number of amides is 1. The summed E-state index contributed by atoms with van der Waals surface area (Å²) in [5.41, 5.74) is 6.15. The lowest BCUT2D eigenvalue weighted by Gasteiger charge is -2.19. The molecule has 0 atom stereocenters. The molecule has 174 valence electrons. The van der Waals surface area contributed by atoms with E-state index in [1.54, 1.807) is 6.20 Å². The molecule has 2 aromatic heterocycles. The molecule has 0 aliphatic carbocycles. The highest BCUT2D eigenvalue weighted by molar-refractivity contribution is 6.04. The van der Waals surface area contributed by atoms with Gasteiger partial charge in [0, 0.05) is 40.4 Å². The first-order valence-corrected chi connectivity index (χ1v) is 11.5. The molecule has 6 nitrogen and oxygen atoms in total. The Balaban J connectivity index is 1.32. The van der Waals surface area contributed by atoms with Gasteiger partial charge >= 0.3 is 0 Å². The Bertz CT molecular complexity index is 1500. The summed E-state index contributed by atoms with van der Waals surface area (Å²) >= 11 is 0. The monoisotopic (exact) mass is 461 g/mol. The van der Waals surface area contributed by atoms with Gasteiger partial charge in [0.15, 0.2) is 0 Å². The number of hydrogen-bond acceptors (Lipinski definition) is 4. The summed E-state index contributed by atoms with van der Waals surface area (Å²) < 4.78 is 0. The molecule has 2 heterocycles. The van der Waals surface area contributed by atoms with Gasteiger partial charge in [-0.05, 0) is 64.9 Å². The molecule has 5 aromatic rings. The maximum atomic E-state index is 12.8. The maximum absolute atomic E-state index is 12.8. The molecule has 5 rings (SSSR count). The third kappa shape index (κ3) is 5.06. The fourth-order valence-corrected chi connectivity index (χ4v) is 3.92. The van der Waals surface area contributed by atoms with Crippen molar-refractivity contribution in [3.63, 3.8) is 0 Å². The van der Waals surface area contributed by atoms with Crippen molar-refractivity contribution >= 4 is 34.1 Å². The number of nitrogens with zero attached hydrogens (tertiary/aromatic N) is 2. The van der Waals surface area contributed by atoms with E-state index >= 15 is 0 Å². The van der Waals surface area contributed by atoms with E-state index in [9.17, 15) is 4.79 Å². The first kappa shape index (κ1) is 22.3. The Labute approximate surface area is 204 Å². The second kappa shape index (κ2) is 9.06. The number of nitrogens with one attached hydrogen (secondary N) is 3. The average Bonchev–Trinajstić information content (AvgIpc) is 3.32. The van der Waals surface area contributed by atoms with Crippen LogP contribution in [0.5, 0.6) is 0 Å². The Morgan fingerprint density at radius 3 is 2.51 bits per heavy atom. The molecule has 1 amide bonds. The fourth-order valence-electron chi connectivity index (χ4n) is 3.92. The van der Waals surface area contributed by atoms with Crippen molar-refractivity contribution in [3.8, 4) is 11.3 Å². The smallest absolute Gasteiger partial charge is 0.255 e. The highest BCUT2D eigenvalue weighted by atomic mass is 16.1. The van der Waals surface area contributed by atoms with Gasteiger partial charge in [0.25, 0.3) is 5.91 Å². The molecule has 0 fully saturated rings. The summed E-state index contributed by atoms with van der Waals surface area (Å²) in [6, 6.07) is 25.4. The van der Waals surface area contributed by atoms with Gasteiger partial charge in [0.2, 0.25) is 5.95 Å². The van der Waals surface area contributed by atoms with Crippen LogP contribution in [-0.4, -0.2) is 20.9 Å². The van der Waals surface area contributed by atoms with Gasteiger partial charge in [-0.25, -0.2) is 9.97 Å². The molecular formula is C29H27N5O.